The summed E-state index contributed by atoms with van der Waals surface area (Å²) < 4.78 is 79.0. The number of alkyl halides is 6. The van der Waals surface area contributed by atoms with Crippen molar-refractivity contribution in [1.82, 2.24) is 4.90 Å². The van der Waals surface area contributed by atoms with E-state index in [1.165, 1.54) is 20.0 Å². The van der Waals surface area contributed by atoms with Gasteiger partial charge in [-0.3, -0.25) is 4.79 Å². The SMILES string of the molecule is CC(=CC(Cc1ccc(Cl)cc1)N(C)C(=O)c1cc(C(F)(F)F)cc(C(F)(F)F)c1)C(=O)O. The molecular weight excluding hydrogens is 476 g/mol. The van der Waals surface area contributed by atoms with E-state index in [9.17, 15) is 41.0 Å². The number of carbonyl (C=O) groups excluding carboxylic acids is 1. The monoisotopic (exact) mass is 493 g/mol. The molecule has 1 unspecified atom stereocenters. The number of nitrogens with zero attached hydrogens (tertiary/aromatic N) is 1. The smallest absolute Gasteiger partial charge is 0.416 e. The minimum absolute atomic E-state index is 0.0368. The molecule has 1 amide bonds. The Hall–Kier alpha value is -3.01. The molecule has 0 aromatic heterocycles. The molecule has 11 heteroatoms. The first kappa shape index (κ1) is 26.2. The van der Waals surface area contributed by atoms with Gasteiger partial charge in [0.2, 0.25) is 0 Å². The minimum atomic E-state index is -5.11. The van der Waals surface area contributed by atoms with E-state index in [2.05, 4.69) is 0 Å². The van der Waals surface area contributed by atoms with Crippen molar-refractivity contribution in [3.05, 3.63) is 81.4 Å². The molecule has 0 fully saturated rings. The first-order chi connectivity index (χ1) is 15.1. The summed E-state index contributed by atoms with van der Waals surface area (Å²) in [4.78, 5) is 25.1. The predicted octanol–water partition coefficient (Wildman–Crippen LogP) is 6.09. The summed E-state index contributed by atoms with van der Waals surface area (Å²) in [6.45, 7) is 1.25. The molecule has 1 atom stereocenters. The van der Waals surface area contributed by atoms with Gasteiger partial charge in [0.25, 0.3) is 5.91 Å². The third kappa shape index (κ3) is 6.98. The van der Waals surface area contributed by atoms with Gasteiger partial charge in [0, 0.05) is 23.2 Å². The summed E-state index contributed by atoms with van der Waals surface area (Å²) in [5.41, 5.74) is -3.63. The van der Waals surface area contributed by atoms with Crippen molar-refractivity contribution in [2.75, 3.05) is 7.05 Å². The molecule has 0 saturated heterocycles. The fourth-order valence-corrected chi connectivity index (χ4v) is 3.09. The number of benzene rings is 2. The molecule has 4 nitrogen and oxygen atoms in total. The third-order valence-corrected chi connectivity index (χ3v) is 5.04. The van der Waals surface area contributed by atoms with Gasteiger partial charge in [-0.05, 0) is 49.2 Å². The molecule has 0 aliphatic rings. The summed E-state index contributed by atoms with van der Waals surface area (Å²) in [5, 5.41) is 9.60. The molecule has 0 aliphatic carbocycles. The molecule has 33 heavy (non-hydrogen) atoms. The van der Waals surface area contributed by atoms with Gasteiger partial charge < -0.3 is 10.0 Å². The largest absolute Gasteiger partial charge is 0.478 e. The summed E-state index contributed by atoms with van der Waals surface area (Å²) in [7, 11) is 1.17. The number of hydrogen-bond acceptors (Lipinski definition) is 2. The van der Waals surface area contributed by atoms with Crippen LogP contribution in [0.4, 0.5) is 26.3 Å². The number of carboxylic acid groups (broad SMARTS) is 1. The van der Waals surface area contributed by atoms with Gasteiger partial charge in [-0.2, -0.15) is 26.3 Å². The van der Waals surface area contributed by atoms with Gasteiger partial charge in [-0.15, -0.1) is 0 Å². The second kappa shape index (κ2) is 9.86. The highest BCUT2D eigenvalue weighted by atomic mass is 35.5. The quantitative estimate of drug-likeness (QED) is 0.391. The average Bonchev–Trinajstić information content (AvgIpc) is 2.72. The van der Waals surface area contributed by atoms with Crippen molar-refractivity contribution >= 4 is 23.5 Å². The van der Waals surface area contributed by atoms with E-state index in [4.69, 9.17) is 11.6 Å². The van der Waals surface area contributed by atoms with E-state index in [1.807, 2.05) is 0 Å². The second-order valence-corrected chi connectivity index (χ2v) is 7.70. The van der Waals surface area contributed by atoms with Crippen LogP contribution < -0.4 is 0 Å². The van der Waals surface area contributed by atoms with Crippen molar-refractivity contribution in [3.8, 4) is 0 Å². The normalized spacial score (nSPS) is 13.5. The van der Waals surface area contributed by atoms with Crippen molar-refractivity contribution in [2.24, 2.45) is 0 Å². The Morgan fingerprint density at radius 3 is 1.91 bits per heavy atom. The fourth-order valence-electron chi connectivity index (χ4n) is 2.96. The van der Waals surface area contributed by atoms with Gasteiger partial charge in [0.15, 0.2) is 0 Å². The number of likely N-dealkylation sites (N-methyl/N-ethyl adjacent to an activating group) is 1. The van der Waals surface area contributed by atoms with Crippen LogP contribution in [-0.2, 0) is 23.6 Å². The first-order valence-electron chi connectivity index (χ1n) is 9.32. The van der Waals surface area contributed by atoms with E-state index in [-0.39, 0.29) is 18.1 Å². The maximum Gasteiger partial charge on any atom is 0.416 e. The fraction of sp³-hybridized carbons (Fsp3) is 0.273. The highest BCUT2D eigenvalue weighted by Gasteiger charge is 2.38. The van der Waals surface area contributed by atoms with Gasteiger partial charge in [-0.1, -0.05) is 29.8 Å². The van der Waals surface area contributed by atoms with Crippen LogP contribution in [-0.4, -0.2) is 35.0 Å². The van der Waals surface area contributed by atoms with Crippen LogP contribution in [0.3, 0.4) is 0 Å². The Morgan fingerprint density at radius 2 is 1.48 bits per heavy atom. The maximum atomic E-state index is 13.2. The van der Waals surface area contributed by atoms with Crippen molar-refractivity contribution < 1.29 is 41.0 Å². The molecule has 2 aromatic carbocycles. The maximum absolute atomic E-state index is 13.2. The van der Waals surface area contributed by atoms with Gasteiger partial charge in [0.1, 0.15) is 0 Å². The van der Waals surface area contributed by atoms with Crippen LogP contribution in [0.15, 0.2) is 54.1 Å². The summed E-state index contributed by atoms with van der Waals surface area (Å²) in [6.07, 6.45) is -8.99. The summed E-state index contributed by atoms with van der Waals surface area (Å²) in [6, 6.07) is 5.91. The van der Waals surface area contributed by atoms with E-state index in [0.29, 0.717) is 22.7 Å². The molecule has 0 spiro atoms. The summed E-state index contributed by atoms with van der Waals surface area (Å²) in [5.74, 6) is -2.43. The Bertz CT molecular complexity index is 1030. The van der Waals surface area contributed by atoms with Gasteiger partial charge >= 0.3 is 18.3 Å². The van der Waals surface area contributed by atoms with E-state index < -0.39 is 47.0 Å². The number of carbonyl (C=O) groups is 2. The van der Waals surface area contributed by atoms with Crippen molar-refractivity contribution in [3.63, 3.8) is 0 Å². The molecule has 0 bridgehead atoms. The zero-order valence-electron chi connectivity index (χ0n) is 17.3. The number of hydrogen-bond donors (Lipinski definition) is 1. The Balaban J connectivity index is 2.52. The number of rotatable bonds is 6. The van der Waals surface area contributed by atoms with Gasteiger partial charge in [-0.25, -0.2) is 4.79 Å². The Morgan fingerprint density at radius 1 is 1.00 bits per heavy atom. The van der Waals surface area contributed by atoms with Crippen LogP contribution in [0.1, 0.15) is 34.0 Å². The topological polar surface area (TPSA) is 57.6 Å². The van der Waals surface area contributed by atoms with Crippen LogP contribution in [0, 0.1) is 0 Å². The third-order valence-electron chi connectivity index (χ3n) is 4.79. The highest BCUT2D eigenvalue weighted by molar-refractivity contribution is 6.30. The molecule has 0 aliphatic heterocycles. The number of aliphatic carboxylic acids is 1. The van der Waals surface area contributed by atoms with Crippen LogP contribution in [0.2, 0.25) is 5.02 Å². The van der Waals surface area contributed by atoms with Crippen LogP contribution in [0.25, 0.3) is 0 Å². The zero-order valence-corrected chi connectivity index (χ0v) is 18.0. The molecule has 0 saturated carbocycles. The molecule has 0 heterocycles. The lowest BCUT2D eigenvalue weighted by molar-refractivity contribution is -0.143. The lowest BCUT2D eigenvalue weighted by atomic mass is 10.00. The van der Waals surface area contributed by atoms with E-state index in [0.717, 1.165) is 4.90 Å². The molecule has 178 valence electrons. The highest BCUT2D eigenvalue weighted by Crippen LogP contribution is 2.36. The van der Waals surface area contributed by atoms with Crippen LogP contribution >= 0.6 is 11.6 Å². The van der Waals surface area contributed by atoms with E-state index in [1.54, 1.807) is 24.3 Å². The summed E-state index contributed by atoms with van der Waals surface area (Å²) >= 11 is 5.83. The molecule has 0 radical (unpaired) electrons. The zero-order chi connectivity index (χ0) is 25.1. The van der Waals surface area contributed by atoms with Crippen molar-refractivity contribution in [1.29, 1.82) is 0 Å². The van der Waals surface area contributed by atoms with Crippen LogP contribution in [0.5, 0.6) is 0 Å². The molecular formula is C22H18ClF6NO3. The molecule has 2 aromatic rings. The Labute approximate surface area is 190 Å². The van der Waals surface area contributed by atoms with Crippen molar-refractivity contribution in [2.45, 2.75) is 31.7 Å². The lowest BCUT2D eigenvalue weighted by Gasteiger charge is -2.27. The van der Waals surface area contributed by atoms with Gasteiger partial charge in [0.05, 0.1) is 17.2 Å². The second-order valence-electron chi connectivity index (χ2n) is 7.26. The standard InChI is InChI=1S/C22H18ClF6NO3/c1-12(20(32)33)7-18(8-13-3-5-17(23)6-4-13)30(2)19(31)14-9-15(21(24,25)26)11-16(10-14)22(27,28)29/h3-7,9-11,18H,8H2,1-2H3,(H,32,33). The number of amides is 1. The average molecular weight is 494 g/mol. The first-order valence-corrected chi connectivity index (χ1v) is 9.70. The van der Waals surface area contributed by atoms with E-state index >= 15 is 0 Å². The molecule has 2 rings (SSSR count). The Kier molecular flexibility index (Phi) is 7.84. The number of carboxylic acids is 1. The molecule has 1 N–H and O–H groups in total. The minimum Gasteiger partial charge on any atom is -0.478 e. The lowest BCUT2D eigenvalue weighted by Crippen LogP contribution is -2.38. The number of halogens is 7. The predicted molar refractivity (Wildman–Crippen MR) is 109 cm³/mol.